The van der Waals surface area contributed by atoms with E-state index in [1.54, 1.807) is 0 Å². The lowest BCUT2D eigenvalue weighted by atomic mass is 10.4. The van der Waals surface area contributed by atoms with Crippen molar-refractivity contribution in [2.75, 3.05) is 0 Å². The van der Waals surface area contributed by atoms with Gasteiger partial charge in [0.1, 0.15) is 5.25 Å². The lowest BCUT2D eigenvalue weighted by Crippen LogP contribution is -2.06. The lowest BCUT2D eigenvalue weighted by Gasteiger charge is -2.07. The fourth-order valence-corrected chi connectivity index (χ4v) is 2.40. The van der Waals surface area contributed by atoms with Gasteiger partial charge in [0.15, 0.2) is 4.90 Å². The van der Waals surface area contributed by atoms with Crippen molar-refractivity contribution >= 4 is 11.2 Å². The molecule has 2 heteroatoms. The van der Waals surface area contributed by atoms with Gasteiger partial charge in [-0.15, -0.1) is 0 Å². The van der Waals surface area contributed by atoms with Crippen molar-refractivity contribution in [3.05, 3.63) is 30.3 Å². The molecule has 1 fully saturated rings. The highest BCUT2D eigenvalue weighted by Gasteiger charge is 2.35. The van der Waals surface area contributed by atoms with Gasteiger partial charge in [0, 0.05) is 12.8 Å². The topological polar surface area (TPSA) is 23.1 Å². The molecule has 1 nitrogen and oxygen atoms in total. The fraction of sp³-hybridized carbons (Fsp3) is 0.333. The zero-order valence-corrected chi connectivity index (χ0v) is 7.01. The molecular weight excluding hydrogens is 156 g/mol. The van der Waals surface area contributed by atoms with E-state index in [9.17, 15) is 4.55 Å². The number of benzene rings is 1. The Morgan fingerprint density at radius 3 is 2.36 bits per heavy atom. The molecule has 2 rings (SSSR count). The lowest BCUT2D eigenvalue weighted by molar-refractivity contribution is 0.594. The van der Waals surface area contributed by atoms with Crippen LogP contribution in [0, 0.1) is 0 Å². The summed E-state index contributed by atoms with van der Waals surface area (Å²) in [6, 6.07) is 9.71. The maximum Gasteiger partial charge on any atom is 0.152 e. The third-order valence-electron chi connectivity index (χ3n) is 1.80. The van der Waals surface area contributed by atoms with E-state index < -0.39 is 11.2 Å². The van der Waals surface area contributed by atoms with Crippen LogP contribution in [-0.4, -0.2) is 9.80 Å². The summed E-state index contributed by atoms with van der Waals surface area (Å²) in [6.45, 7) is 0. The molecule has 1 atom stereocenters. The van der Waals surface area contributed by atoms with Gasteiger partial charge in [0.2, 0.25) is 0 Å². The highest BCUT2D eigenvalue weighted by molar-refractivity contribution is 7.92. The van der Waals surface area contributed by atoms with Crippen LogP contribution in [0.3, 0.4) is 0 Å². The average Bonchev–Trinajstić information content (AvgIpc) is 2.87. The summed E-state index contributed by atoms with van der Waals surface area (Å²) in [7, 11) is 0. The van der Waals surface area contributed by atoms with Crippen LogP contribution >= 0.6 is 0 Å². The highest BCUT2D eigenvalue weighted by atomic mass is 32.2. The highest BCUT2D eigenvalue weighted by Crippen LogP contribution is 2.32. The first kappa shape index (κ1) is 7.19. The summed E-state index contributed by atoms with van der Waals surface area (Å²) in [5.41, 5.74) is 0. The van der Waals surface area contributed by atoms with E-state index in [1.165, 1.54) is 0 Å². The molecule has 1 aromatic rings. The first-order valence-corrected chi connectivity index (χ1v) is 5.05. The van der Waals surface area contributed by atoms with Crippen molar-refractivity contribution in [3.8, 4) is 0 Å². The third-order valence-corrected chi connectivity index (χ3v) is 3.62. The van der Waals surface area contributed by atoms with Crippen molar-refractivity contribution in [3.63, 3.8) is 0 Å². The van der Waals surface area contributed by atoms with Crippen molar-refractivity contribution in [1.29, 1.82) is 0 Å². The van der Waals surface area contributed by atoms with Crippen LogP contribution in [0.4, 0.5) is 0 Å². The summed E-state index contributed by atoms with van der Waals surface area (Å²) in [4.78, 5) is 0.981. The molecule has 0 bridgehead atoms. The quantitative estimate of drug-likeness (QED) is 0.616. The molecule has 0 spiro atoms. The van der Waals surface area contributed by atoms with Gasteiger partial charge in [0.05, 0.1) is 0 Å². The largest absolute Gasteiger partial charge is 0.611 e. The molecule has 1 unspecified atom stereocenters. The first-order valence-electron chi connectivity index (χ1n) is 3.83. The molecule has 1 saturated carbocycles. The van der Waals surface area contributed by atoms with Crippen LogP contribution < -0.4 is 0 Å². The van der Waals surface area contributed by atoms with Gasteiger partial charge in [-0.25, -0.2) is 0 Å². The van der Waals surface area contributed by atoms with Gasteiger partial charge in [-0.3, -0.25) is 0 Å². The molecule has 1 aliphatic carbocycles. The maximum atomic E-state index is 11.5. The zero-order valence-electron chi connectivity index (χ0n) is 6.19. The number of hydrogen-bond donors (Lipinski definition) is 0. The Morgan fingerprint density at radius 1 is 1.18 bits per heavy atom. The van der Waals surface area contributed by atoms with E-state index in [0.29, 0.717) is 5.25 Å². The molecule has 58 valence electrons. The van der Waals surface area contributed by atoms with Crippen LogP contribution in [0.2, 0.25) is 0 Å². The van der Waals surface area contributed by atoms with E-state index in [0.717, 1.165) is 17.7 Å². The third kappa shape index (κ3) is 1.57. The summed E-state index contributed by atoms with van der Waals surface area (Å²) >= 11 is -0.724. The van der Waals surface area contributed by atoms with Gasteiger partial charge < -0.3 is 4.55 Å². The molecule has 1 aromatic carbocycles. The maximum absolute atomic E-state index is 11.5. The second kappa shape index (κ2) is 2.88. The second-order valence-corrected chi connectivity index (χ2v) is 4.54. The van der Waals surface area contributed by atoms with Crippen LogP contribution in [0.1, 0.15) is 12.8 Å². The zero-order chi connectivity index (χ0) is 7.68. The minimum Gasteiger partial charge on any atom is -0.611 e. The molecule has 0 aliphatic heterocycles. The van der Waals surface area contributed by atoms with Crippen molar-refractivity contribution in [2.24, 2.45) is 0 Å². The number of rotatable bonds is 2. The Balaban J connectivity index is 2.15. The molecule has 0 aromatic heterocycles. The van der Waals surface area contributed by atoms with E-state index in [1.807, 2.05) is 30.3 Å². The van der Waals surface area contributed by atoms with Crippen LogP contribution in [-0.2, 0) is 11.2 Å². The molecule has 0 heterocycles. The smallest absolute Gasteiger partial charge is 0.152 e. The molecule has 0 saturated heterocycles. The molecule has 0 radical (unpaired) electrons. The molecule has 11 heavy (non-hydrogen) atoms. The van der Waals surface area contributed by atoms with Gasteiger partial charge in [-0.05, 0) is 23.3 Å². The van der Waals surface area contributed by atoms with Crippen LogP contribution in [0.25, 0.3) is 0 Å². The monoisotopic (exact) mass is 166 g/mol. The Morgan fingerprint density at radius 2 is 1.82 bits per heavy atom. The second-order valence-electron chi connectivity index (χ2n) is 2.81. The molecule has 0 amide bonds. The van der Waals surface area contributed by atoms with Gasteiger partial charge in [-0.1, -0.05) is 18.2 Å². The Bertz CT molecular complexity index is 231. The Kier molecular flexibility index (Phi) is 1.88. The van der Waals surface area contributed by atoms with Gasteiger partial charge in [-0.2, -0.15) is 0 Å². The van der Waals surface area contributed by atoms with E-state index in [2.05, 4.69) is 0 Å². The predicted molar refractivity (Wildman–Crippen MR) is 45.9 cm³/mol. The van der Waals surface area contributed by atoms with Gasteiger partial charge >= 0.3 is 0 Å². The predicted octanol–water partition coefficient (Wildman–Crippen LogP) is 1.96. The first-order chi connectivity index (χ1) is 5.38. The molecule has 0 N–H and O–H groups in total. The normalized spacial score (nSPS) is 19.7. The summed E-state index contributed by atoms with van der Waals surface area (Å²) in [5.74, 6) is 0. The van der Waals surface area contributed by atoms with E-state index in [-0.39, 0.29) is 0 Å². The van der Waals surface area contributed by atoms with Crippen molar-refractivity contribution in [2.45, 2.75) is 23.0 Å². The van der Waals surface area contributed by atoms with Crippen molar-refractivity contribution < 1.29 is 4.55 Å². The fourth-order valence-electron chi connectivity index (χ4n) is 1.03. The molecule has 1 aliphatic rings. The number of hydrogen-bond acceptors (Lipinski definition) is 1. The Labute approximate surface area is 69.6 Å². The minimum atomic E-state index is -0.724. The average molecular weight is 166 g/mol. The van der Waals surface area contributed by atoms with Gasteiger partial charge in [0.25, 0.3) is 0 Å². The minimum absolute atomic E-state index is 0.456. The summed E-state index contributed by atoms with van der Waals surface area (Å²) in [6.07, 6.45) is 2.28. The SMILES string of the molecule is [O-][S+](c1ccccc1)C1CC1. The molecular formula is C9H10OS. The van der Waals surface area contributed by atoms with Crippen LogP contribution in [0.15, 0.2) is 35.2 Å². The van der Waals surface area contributed by atoms with Crippen LogP contribution in [0.5, 0.6) is 0 Å². The Hall–Kier alpha value is -0.470. The van der Waals surface area contributed by atoms with E-state index >= 15 is 0 Å². The summed E-state index contributed by atoms with van der Waals surface area (Å²) in [5, 5.41) is 0.456. The summed E-state index contributed by atoms with van der Waals surface area (Å²) < 4.78 is 11.5. The van der Waals surface area contributed by atoms with E-state index in [4.69, 9.17) is 0 Å². The van der Waals surface area contributed by atoms with Crippen molar-refractivity contribution in [1.82, 2.24) is 0 Å². The standard InChI is InChI=1S/C9H10OS/c10-11(9-6-7-9)8-4-2-1-3-5-8/h1-5,9H,6-7H2.